The first-order valence-corrected chi connectivity index (χ1v) is 10.4. The van der Waals surface area contributed by atoms with Gasteiger partial charge in [-0.2, -0.15) is 5.10 Å². The first-order chi connectivity index (χ1) is 13.5. The molecule has 0 aliphatic rings. The first-order valence-electron chi connectivity index (χ1n) is 8.90. The van der Waals surface area contributed by atoms with Gasteiger partial charge in [0.2, 0.25) is 15.7 Å². The second kappa shape index (κ2) is 7.44. The molecule has 0 amide bonds. The highest BCUT2D eigenvalue weighted by Gasteiger charge is 2.35. The van der Waals surface area contributed by atoms with Crippen LogP contribution in [0.4, 0.5) is 4.39 Å². The van der Waals surface area contributed by atoms with Gasteiger partial charge in [0.25, 0.3) is 0 Å². The molecule has 0 unspecified atom stereocenters. The van der Waals surface area contributed by atoms with E-state index < -0.39 is 27.2 Å². The van der Waals surface area contributed by atoms with E-state index in [-0.39, 0.29) is 26.9 Å². The zero-order chi connectivity index (χ0) is 21.4. The Bertz CT molecular complexity index is 1160. The Kier molecular flexibility index (Phi) is 5.32. The predicted octanol–water partition coefficient (Wildman–Crippen LogP) is 4.14. The standard InChI is InChI=1S/C21H21FN2O4S/c1-14-18(29(26,27)15-10-6-5-7-11-15)19(24(23-14)21(2,3)4)28-20(25)16-12-8-9-13-17(16)22/h5-13H,1-4H3. The number of nitrogens with zero attached hydrogens (tertiary/aromatic N) is 2. The van der Waals surface area contributed by atoms with E-state index in [1.165, 1.54) is 41.9 Å². The largest absolute Gasteiger partial charge is 0.403 e. The molecule has 3 aromatic rings. The van der Waals surface area contributed by atoms with E-state index in [1.807, 2.05) is 0 Å². The number of sulfone groups is 1. The molecule has 3 rings (SSSR count). The van der Waals surface area contributed by atoms with Crippen LogP contribution in [-0.2, 0) is 15.4 Å². The van der Waals surface area contributed by atoms with Crippen LogP contribution in [0.2, 0.25) is 0 Å². The third-order valence-electron chi connectivity index (χ3n) is 4.21. The highest BCUT2D eigenvalue weighted by atomic mass is 32.2. The number of ether oxygens (including phenoxy) is 1. The molecular weight excluding hydrogens is 395 g/mol. The van der Waals surface area contributed by atoms with Crippen molar-refractivity contribution in [2.45, 2.75) is 43.0 Å². The summed E-state index contributed by atoms with van der Waals surface area (Å²) in [7, 11) is -4.03. The smallest absolute Gasteiger partial charge is 0.347 e. The van der Waals surface area contributed by atoms with Gasteiger partial charge in [-0.25, -0.2) is 22.3 Å². The van der Waals surface area contributed by atoms with Crippen molar-refractivity contribution in [3.05, 3.63) is 71.7 Å². The summed E-state index contributed by atoms with van der Waals surface area (Å²) in [6.45, 7) is 6.90. The van der Waals surface area contributed by atoms with Crippen LogP contribution >= 0.6 is 0 Å². The van der Waals surface area contributed by atoms with Crippen molar-refractivity contribution in [1.29, 1.82) is 0 Å². The average molecular weight is 416 g/mol. The summed E-state index contributed by atoms with van der Waals surface area (Å²) in [5.74, 6) is -2.01. The topological polar surface area (TPSA) is 78.3 Å². The summed E-state index contributed by atoms with van der Waals surface area (Å²) in [4.78, 5) is 12.5. The molecular formula is C21H21FN2O4S. The number of benzene rings is 2. The molecule has 0 fully saturated rings. The predicted molar refractivity (Wildman–Crippen MR) is 105 cm³/mol. The molecule has 1 aromatic heterocycles. The summed E-state index contributed by atoms with van der Waals surface area (Å²) in [6, 6.07) is 13.1. The van der Waals surface area contributed by atoms with Crippen LogP contribution < -0.4 is 4.74 Å². The van der Waals surface area contributed by atoms with Gasteiger partial charge in [-0.1, -0.05) is 30.3 Å². The summed E-state index contributed by atoms with van der Waals surface area (Å²) in [5.41, 5.74) is -0.810. The SMILES string of the molecule is Cc1nn(C(C)(C)C)c(OC(=O)c2ccccc2F)c1S(=O)(=O)c1ccccc1. The van der Waals surface area contributed by atoms with E-state index in [0.29, 0.717) is 0 Å². The molecule has 0 N–H and O–H groups in total. The molecule has 2 aromatic carbocycles. The fourth-order valence-electron chi connectivity index (χ4n) is 2.83. The zero-order valence-corrected chi connectivity index (χ0v) is 17.3. The Balaban J connectivity index is 2.20. The molecule has 8 heteroatoms. The Morgan fingerprint density at radius 1 is 1.03 bits per heavy atom. The zero-order valence-electron chi connectivity index (χ0n) is 16.5. The van der Waals surface area contributed by atoms with Gasteiger partial charge in [0.1, 0.15) is 5.82 Å². The monoisotopic (exact) mass is 416 g/mol. The molecule has 6 nitrogen and oxygen atoms in total. The number of carbonyl (C=O) groups is 1. The number of esters is 1. The molecule has 0 bridgehead atoms. The third kappa shape index (κ3) is 3.93. The van der Waals surface area contributed by atoms with Crippen LogP contribution in [0.15, 0.2) is 64.4 Å². The van der Waals surface area contributed by atoms with E-state index in [2.05, 4.69) is 5.10 Å². The normalized spacial score (nSPS) is 12.0. The van der Waals surface area contributed by atoms with Crippen molar-refractivity contribution in [3.63, 3.8) is 0 Å². The molecule has 0 spiro atoms. The number of aromatic nitrogens is 2. The number of aryl methyl sites for hydroxylation is 1. The first kappa shape index (κ1) is 20.7. The van der Waals surface area contributed by atoms with Crippen LogP contribution in [0, 0.1) is 12.7 Å². The number of rotatable bonds is 4. The van der Waals surface area contributed by atoms with Crippen LogP contribution in [0.5, 0.6) is 5.88 Å². The molecule has 0 aliphatic carbocycles. The fraction of sp³-hybridized carbons (Fsp3) is 0.238. The van der Waals surface area contributed by atoms with Crippen molar-refractivity contribution < 1.29 is 22.3 Å². The van der Waals surface area contributed by atoms with Crippen LogP contribution in [-0.4, -0.2) is 24.2 Å². The van der Waals surface area contributed by atoms with E-state index in [4.69, 9.17) is 4.74 Å². The van der Waals surface area contributed by atoms with Gasteiger partial charge >= 0.3 is 5.97 Å². The number of hydrogen-bond donors (Lipinski definition) is 0. The molecule has 0 aliphatic heterocycles. The second-order valence-corrected chi connectivity index (χ2v) is 9.37. The Hall–Kier alpha value is -3.00. The van der Waals surface area contributed by atoms with E-state index in [1.54, 1.807) is 39.0 Å². The van der Waals surface area contributed by atoms with Gasteiger partial charge in [0, 0.05) is 0 Å². The molecule has 0 atom stereocenters. The van der Waals surface area contributed by atoms with Crippen molar-refractivity contribution in [2.75, 3.05) is 0 Å². The van der Waals surface area contributed by atoms with Gasteiger partial charge < -0.3 is 4.74 Å². The lowest BCUT2D eigenvalue weighted by Crippen LogP contribution is -2.26. The highest BCUT2D eigenvalue weighted by Crippen LogP contribution is 2.36. The van der Waals surface area contributed by atoms with E-state index in [0.717, 1.165) is 6.07 Å². The quantitative estimate of drug-likeness (QED) is 0.598. The van der Waals surface area contributed by atoms with Gasteiger partial charge in [0.15, 0.2) is 4.90 Å². The number of carbonyl (C=O) groups excluding carboxylic acids is 1. The van der Waals surface area contributed by atoms with Crippen molar-refractivity contribution in [1.82, 2.24) is 9.78 Å². The lowest BCUT2D eigenvalue weighted by atomic mass is 10.1. The Morgan fingerprint density at radius 2 is 1.62 bits per heavy atom. The minimum Gasteiger partial charge on any atom is -0.403 e. The maximum absolute atomic E-state index is 14.0. The maximum Gasteiger partial charge on any atom is 0.347 e. The summed E-state index contributed by atoms with van der Waals surface area (Å²) < 4.78 is 47.4. The summed E-state index contributed by atoms with van der Waals surface area (Å²) in [5, 5.41) is 4.31. The Morgan fingerprint density at radius 3 is 2.21 bits per heavy atom. The number of halogens is 1. The fourth-order valence-corrected chi connectivity index (χ4v) is 4.37. The molecule has 1 heterocycles. The van der Waals surface area contributed by atoms with Gasteiger partial charge in [-0.3, -0.25) is 0 Å². The minimum atomic E-state index is -4.03. The van der Waals surface area contributed by atoms with Crippen LogP contribution in [0.25, 0.3) is 0 Å². The molecule has 29 heavy (non-hydrogen) atoms. The average Bonchev–Trinajstić information content (AvgIpc) is 2.99. The third-order valence-corrected chi connectivity index (χ3v) is 6.11. The molecule has 0 saturated carbocycles. The van der Waals surface area contributed by atoms with E-state index in [9.17, 15) is 17.6 Å². The highest BCUT2D eigenvalue weighted by molar-refractivity contribution is 7.91. The summed E-state index contributed by atoms with van der Waals surface area (Å²) >= 11 is 0. The number of hydrogen-bond acceptors (Lipinski definition) is 5. The van der Waals surface area contributed by atoms with Crippen molar-refractivity contribution in [2.24, 2.45) is 0 Å². The van der Waals surface area contributed by atoms with Crippen LogP contribution in [0.3, 0.4) is 0 Å². The van der Waals surface area contributed by atoms with Gasteiger partial charge in [-0.15, -0.1) is 0 Å². The van der Waals surface area contributed by atoms with Crippen LogP contribution in [0.1, 0.15) is 36.8 Å². The lowest BCUT2D eigenvalue weighted by Gasteiger charge is -2.22. The Labute approximate surface area is 168 Å². The maximum atomic E-state index is 14.0. The minimum absolute atomic E-state index is 0.0414. The second-order valence-electron chi connectivity index (χ2n) is 7.49. The van der Waals surface area contributed by atoms with Crippen molar-refractivity contribution in [3.8, 4) is 5.88 Å². The lowest BCUT2D eigenvalue weighted by molar-refractivity contribution is 0.0699. The van der Waals surface area contributed by atoms with Gasteiger partial charge in [-0.05, 0) is 52.0 Å². The van der Waals surface area contributed by atoms with E-state index >= 15 is 0 Å². The van der Waals surface area contributed by atoms with Crippen molar-refractivity contribution >= 4 is 15.8 Å². The molecule has 0 radical (unpaired) electrons. The molecule has 0 saturated heterocycles. The summed E-state index contributed by atoms with van der Waals surface area (Å²) in [6.07, 6.45) is 0. The molecule has 152 valence electrons. The van der Waals surface area contributed by atoms with Gasteiger partial charge in [0.05, 0.1) is 21.7 Å².